The van der Waals surface area contributed by atoms with E-state index in [1.54, 1.807) is 24.3 Å². The van der Waals surface area contributed by atoms with Crippen LogP contribution in [0.1, 0.15) is 112 Å². The van der Waals surface area contributed by atoms with Crippen molar-refractivity contribution >= 4 is 11.9 Å². The smallest absolute Gasteiger partial charge is 0.339 e. The van der Waals surface area contributed by atoms with Crippen molar-refractivity contribution in [3.63, 3.8) is 0 Å². The average Bonchev–Trinajstić information content (AvgIpc) is 2.72. The van der Waals surface area contributed by atoms with Crippen molar-refractivity contribution < 1.29 is 29.3 Å². The van der Waals surface area contributed by atoms with E-state index in [1.165, 1.54) is 0 Å². The molecule has 2 N–H and O–H groups in total. The molecule has 0 saturated carbocycles. The molecule has 0 bridgehead atoms. The Bertz CT molecular complexity index is 1200. The second kappa shape index (κ2) is 10.7. The van der Waals surface area contributed by atoms with Gasteiger partial charge in [-0.05, 0) is 45.9 Å². The van der Waals surface area contributed by atoms with E-state index in [1.807, 2.05) is 83.1 Å². The Morgan fingerprint density at radius 1 is 0.615 bits per heavy atom. The molecule has 0 aliphatic rings. The number of rotatable bonds is 5. The van der Waals surface area contributed by atoms with Crippen LogP contribution in [0.25, 0.3) is 0 Å². The number of esters is 2. The second-order valence-corrected chi connectivity index (χ2v) is 14.4. The minimum atomic E-state index is -0.756. The van der Waals surface area contributed by atoms with Gasteiger partial charge < -0.3 is 19.7 Å². The lowest BCUT2D eigenvalue weighted by molar-refractivity contribution is -0.136. The zero-order chi connectivity index (χ0) is 30.3. The minimum absolute atomic E-state index is 0.0615. The highest BCUT2D eigenvalue weighted by molar-refractivity contribution is 5.95. The number of phenols is 2. The lowest BCUT2D eigenvalue weighted by Crippen LogP contribution is -2.20. The van der Waals surface area contributed by atoms with E-state index in [0.717, 1.165) is 0 Å². The number of carbonyl (C=O) groups excluding carboxylic acids is 2. The fraction of sp³-hybridized carbons (Fsp3) is 0.515. The molecule has 0 radical (unpaired) electrons. The van der Waals surface area contributed by atoms with Gasteiger partial charge in [-0.2, -0.15) is 0 Å². The first-order valence-electron chi connectivity index (χ1n) is 13.3. The van der Waals surface area contributed by atoms with E-state index in [0.29, 0.717) is 22.3 Å². The maximum Gasteiger partial charge on any atom is 0.339 e. The third-order valence-corrected chi connectivity index (χ3v) is 6.49. The van der Waals surface area contributed by atoms with Crippen LogP contribution in [-0.4, -0.2) is 22.2 Å². The van der Waals surface area contributed by atoms with Crippen molar-refractivity contribution in [1.29, 1.82) is 0 Å². The second-order valence-electron chi connectivity index (χ2n) is 14.4. The number of carbonyl (C=O) groups is 2. The summed E-state index contributed by atoms with van der Waals surface area (Å²) in [4.78, 5) is 25.7. The Labute approximate surface area is 234 Å². The average molecular weight is 539 g/mol. The van der Waals surface area contributed by atoms with Gasteiger partial charge in [0.05, 0.1) is 6.42 Å². The number of aromatic hydroxyl groups is 2. The molecule has 0 spiro atoms. The fourth-order valence-corrected chi connectivity index (χ4v) is 4.21. The van der Waals surface area contributed by atoms with Crippen LogP contribution in [0.5, 0.6) is 23.0 Å². The summed E-state index contributed by atoms with van der Waals surface area (Å²) in [5.74, 6) is -0.508. The molecule has 0 unspecified atom stereocenters. The van der Waals surface area contributed by atoms with Gasteiger partial charge in [-0.15, -0.1) is 0 Å². The first-order chi connectivity index (χ1) is 17.4. The van der Waals surface area contributed by atoms with Crippen molar-refractivity contribution in [2.24, 2.45) is 0 Å². The van der Waals surface area contributed by atoms with Crippen molar-refractivity contribution in [2.75, 3.05) is 0 Å². The molecular formula is C33H46O6. The van der Waals surface area contributed by atoms with Crippen LogP contribution in [0.2, 0.25) is 0 Å². The van der Waals surface area contributed by atoms with E-state index in [2.05, 4.69) is 6.58 Å². The largest absolute Gasteiger partial charge is 0.507 e. The first kappa shape index (κ1) is 31.9. The number of ether oxygens (including phenoxy) is 2. The zero-order valence-corrected chi connectivity index (χ0v) is 25.8. The molecule has 0 aromatic heterocycles. The maximum absolute atomic E-state index is 12.9. The molecule has 2 rings (SSSR count). The van der Waals surface area contributed by atoms with E-state index >= 15 is 0 Å². The van der Waals surface area contributed by atoms with E-state index in [4.69, 9.17) is 9.47 Å². The molecule has 0 heterocycles. The zero-order valence-electron chi connectivity index (χ0n) is 25.8. The molecule has 0 aliphatic carbocycles. The predicted molar refractivity (Wildman–Crippen MR) is 156 cm³/mol. The van der Waals surface area contributed by atoms with Crippen LogP contribution < -0.4 is 9.47 Å². The Hall–Kier alpha value is -3.28. The highest BCUT2D eigenvalue weighted by Crippen LogP contribution is 2.43. The number of benzene rings is 2. The highest BCUT2D eigenvalue weighted by Gasteiger charge is 2.29. The Kier molecular flexibility index (Phi) is 8.77. The summed E-state index contributed by atoms with van der Waals surface area (Å²) in [6, 6.07) is 6.60. The van der Waals surface area contributed by atoms with Crippen molar-refractivity contribution in [3.8, 4) is 23.0 Å². The SMILES string of the molecule is C=C(CC(=O)Oc1cc(C(C)(C)C)c(O)c(C(C)(C)C)c1)C(=O)Oc1cc(C(C)(C)C)c(O)c(C(C)(C)C)c1. The minimum Gasteiger partial charge on any atom is -0.507 e. The standard InChI is InChI=1S/C33H46O6/c1-19(29(37)39-21-17-24(32(8,9)10)28(36)25(18-21)33(11,12)13)14-26(34)38-20-15-22(30(2,3)4)27(35)23(16-20)31(5,6)7/h15-18,35-36H,1,14H2,2-13H3. The van der Waals surface area contributed by atoms with Gasteiger partial charge in [0.25, 0.3) is 0 Å². The van der Waals surface area contributed by atoms with Crippen molar-refractivity contribution in [1.82, 2.24) is 0 Å². The van der Waals surface area contributed by atoms with Crippen LogP contribution >= 0.6 is 0 Å². The number of hydrogen-bond acceptors (Lipinski definition) is 6. The highest BCUT2D eigenvalue weighted by atomic mass is 16.5. The molecule has 214 valence electrons. The Morgan fingerprint density at radius 3 is 1.18 bits per heavy atom. The third kappa shape index (κ3) is 7.87. The van der Waals surface area contributed by atoms with Gasteiger partial charge in [-0.1, -0.05) is 89.7 Å². The fourth-order valence-electron chi connectivity index (χ4n) is 4.21. The molecule has 2 aromatic rings. The molecule has 0 aliphatic heterocycles. The number of phenolic OH excluding ortho intramolecular Hbond substituents is 2. The quantitative estimate of drug-likeness (QED) is 0.230. The Morgan fingerprint density at radius 2 is 0.897 bits per heavy atom. The third-order valence-electron chi connectivity index (χ3n) is 6.49. The number of hydrogen-bond donors (Lipinski definition) is 2. The summed E-state index contributed by atoms with van der Waals surface area (Å²) < 4.78 is 11.2. The van der Waals surface area contributed by atoms with Crippen LogP contribution in [-0.2, 0) is 31.2 Å². The molecule has 39 heavy (non-hydrogen) atoms. The van der Waals surface area contributed by atoms with Crippen LogP contribution in [0.3, 0.4) is 0 Å². The van der Waals surface area contributed by atoms with Gasteiger partial charge in [-0.25, -0.2) is 4.79 Å². The predicted octanol–water partition coefficient (Wildman–Crippen LogP) is 7.75. The van der Waals surface area contributed by atoms with Gasteiger partial charge in [0, 0.05) is 27.8 Å². The summed E-state index contributed by atoms with van der Waals surface area (Å²) in [6.45, 7) is 27.4. The molecule has 2 aromatic carbocycles. The maximum atomic E-state index is 12.9. The normalized spacial score (nSPS) is 12.7. The molecule has 6 nitrogen and oxygen atoms in total. The van der Waals surface area contributed by atoms with Gasteiger partial charge in [0.1, 0.15) is 23.0 Å². The van der Waals surface area contributed by atoms with Gasteiger partial charge in [0.15, 0.2) is 0 Å². The summed E-state index contributed by atoms with van der Waals surface area (Å²) in [5, 5.41) is 21.8. The van der Waals surface area contributed by atoms with Crippen LogP contribution in [0.15, 0.2) is 36.4 Å². The summed E-state index contributed by atoms with van der Waals surface area (Å²) in [6.07, 6.45) is -0.369. The van der Waals surface area contributed by atoms with Gasteiger partial charge in [-0.3, -0.25) is 4.79 Å². The molecule has 0 saturated heterocycles. The summed E-state index contributed by atoms with van der Waals surface area (Å²) in [7, 11) is 0. The van der Waals surface area contributed by atoms with E-state index < -0.39 is 22.8 Å². The topological polar surface area (TPSA) is 93.1 Å². The van der Waals surface area contributed by atoms with Crippen molar-refractivity contribution in [2.45, 2.75) is 111 Å². The molecule has 0 atom stereocenters. The van der Waals surface area contributed by atoms with Crippen LogP contribution in [0, 0.1) is 0 Å². The van der Waals surface area contributed by atoms with E-state index in [-0.39, 0.29) is 45.8 Å². The Balaban J connectivity index is 2.29. The molecule has 0 fully saturated rings. The lowest BCUT2D eigenvalue weighted by atomic mass is 9.79. The molecule has 0 amide bonds. The van der Waals surface area contributed by atoms with Gasteiger partial charge in [0.2, 0.25) is 0 Å². The summed E-state index contributed by atoms with van der Waals surface area (Å²) in [5.41, 5.74) is 1.00. The van der Waals surface area contributed by atoms with Gasteiger partial charge >= 0.3 is 11.9 Å². The lowest BCUT2D eigenvalue weighted by Gasteiger charge is -2.28. The van der Waals surface area contributed by atoms with Crippen LogP contribution in [0.4, 0.5) is 0 Å². The van der Waals surface area contributed by atoms with E-state index in [9.17, 15) is 19.8 Å². The van der Waals surface area contributed by atoms with Crippen molar-refractivity contribution in [3.05, 3.63) is 58.7 Å². The first-order valence-corrected chi connectivity index (χ1v) is 13.3. The molecular weight excluding hydrogens is 492 g/mol. The summed E-state index contributed by atoms with van der Waals surface area (Å²) >= 11 is 0. The monoisotopic (exact) mass is 538 g/mol. The molecule has 6 heteroatoms.